The molecular formula is C27H22ClN3O2S. The zero-order chi connectivity index (χ0) is 24.2. The standard InChI is InChI=1S/C27H22ClN3O2S/c1-17-12-13-19(14-22(17)28)15-24-26(33)31(23-11-7-6-8-18(23)2)27(34-24)21(16-29)25(32)30-20-9-4-3-5-10-20/h3-14,24H,15H2,1-2H3,(H,30,32)/b27-21-/t24-/m0/s1. The molecule has 1 fully saturated rings. The molecule has 4 rings (SSSR count). The fourth-order valence-corrected chi connectivity index (χ4v) is 5.22. The van der Waals surface area contributed by atoms with Gasteiger partial charge in [0.05, 0.1) is 10.9 Å². The van der Waals surface area contributed by atoms with Gasteiger partial charge in [0.15, 0.2) is 0 Å². The van der Waals surface area contributed by atoms with Crippen molar-refractivity contribution in [1.29, 1.82) is 5.26 Å². The van der Waals surface area contributed by atoms with Crippen molar-refractivity contribution in [3.63, 3.8) is 0 Å². The number of carbonyl (C=O) groups is 2. The molecule has 1 aliphatic heterocycles. The van der Waals surface area contributed by atoms with Crippen LogP contribution in [0.1, 0.15) is 16.7 Å². The first-order chi connectivity index (χ1) is 16.4. The van der Waals surface area contributed by atoms with Gasteiger partial charge in [0, 0.05) is 10.7 Å². The molecule has 3 aromatic rings. The highest BCUT2D eigenvalue weighted by molar-refractivity contribution is 8.05. The van der Waals surface area contributed by atoms with Gasteiger partial charge in [-0.05, 0) is 61.2 Å². The lowest BCUT2D eigenvalue weighted by atomic mass is 10.1. The maximum Gasteiger partial charge on any atom is 0.269 e. The zero-order valence-corrected chi connectivity index (χ0v) is 20.3. The van der Waals surface area contributed by atoms with Crippen molar-refractivity contribution in [1.82, 2.24) is 0 Å². The number of nitrogens with zero attached hydrogens (tertiary/aromatic N) is 2. The second-order valence-corrected chi connectivity index (χ2v) is 9.57. The normalized spacial score (nSPS) is 16.8. The summed E-state index contributed by atoms with van der Waals surface area (Å²) in [4.78, 5) is 28.2. The predicted octanol–water partition coefficient (Wildman–Crippen LogP) is 6.02. The van der Waals surface area contributed by atoms with E-state index >= 15 is 0 Å². The number of aryl methyl sites for hydroxylation is 2. The second-order valence-electron chi connectivity index (χ2n) is 7.97. The Morgan fingerprint density at radius 3 is 2.44 bits per heavy atom. The summed E-state index contributed by atoms with van der Waals surface area (Å²) >= 11 is 7.53. The van der Waals surface area contributed by atoms with E-state index in [-0.39, 0.29) is 11.5 Å². The Morgan fingerprint density at radius 2 is 1.76 bits per heavy atom. The Morgan fingerprint density at radius 1 is 1.06 bits per heavy atom. The van der Waals surface area contributed by atoms with Gasteiger partial charge in [0.2, 0.25) is 5.91 Å². The van der Waals surface area contributed by atoms with Crippen LogP contribution in [-0.2, 0) is 16.0 Å². The molecule has 1 saturated heterocycles. The van der Waals surface area contributed by atoms with Gasteiger partial charge < -0.3 is 5.32 Å². The lowest BCUT2D eigenvalue weighted by molar-refractivity contribution is -0.117. The van der Waals surface area contributed by atoms with Gasteiger partial charge in [0.1, 0.15) is 16.7 Å². The Kier molecular flexibility index (Phi) is 7.06. The summed E-state index contributed by atoms with van der Waals surface area (Å²) in [5.41, 5.74) is 3.87. The summed E-state index contributed by atoms with van der Waals surface area (Å²) in [5.74, 6) is -0.729. The lowest BCUT2D eigenvalue weighted by Crippen LogP contribution is -2.31. The number of halogens is 1. The van der Waals surface area contributed by atoms with E-state index in [4.69, 9.17) is 11.6 Å². The van der Waals surface area contributed by atoms with Crippen molar-refractivity contribution in [2.45, 2.75) is 25.5 Å². The van der Waals surface area contributed by atoms with Crippen molar-refractivity contribution in [3.05, 3.63) is 105 Å². The minimum atomic E-state index is -0.554. The molecule has 0 aliphatic carbocycles. The molecule has 0 bridgehead atoms. The SMILES string of the molecule is Cc1ccc(C[C@@H]2S/C(=C(/C#N)C(=O)Nc3ccccc3)N(c3ccccc3C)C2=O)cc1Cl. The summed E-state index contributed by atoms with van der Waals surface area (Å²) < 4.78 is 0. The van der Waals surface area contributed by atoms with Crippen LogP contribution in [0.4, 0.5) is 11.4 Å². The molecule has 34 heavy (non-hydrogen) atoms. The van der Waals surface area contributed by atoms with Crippen LogP contribution >= 0.6 is 23.4 Å². The number of amides is 2. The Hall–Kier alpha value is -3.53. The monoisotopic (exact) mass is 487 g/mol. The third-order valence-corrected chi connectivity index (χ3v) is 7.22. The quantitative estimate of drug-likeness (QED) is 0.352. The smallest absolute Gasteiger partial charge is 0.269 e. The molecule has 3 aromatic carbocycles. The predicted molar refractivity (Wildman–Crippen MR) is 138 cm³/mol. The minimum Gasteiger partial charge on any atom is -0.321 e. The molecule has 170 valence electrons. The van der Waals surface area contributed by atoms with Crippen molar-refractivity contribution < 1.29 is 9.59 Å². The third kappa shape index (κ3) is 4.86. The van der Waals surface area contributed by atoms with Gasteiger partial charge >= 0.3 is 0 Å². The molecule has 0 unspecified atom stereocenters. The fourth-order valence-electron chi connectivity index (χ4n) is 3.71. The van der Waals surface area contributed by atoms with Crippen LogP contribution < -0.4 is 10.2 Å². The molecule has 2 amide bonds. The average molecular weight is 488 g/mol. The van der Waals surface area contributed by atoms with Gasteiger partial charge in [-0.1, -0.05) is 71.9 Å². The molecule has 0 radical (unpaired) electrons. The number of hydrogen-bond donors (Lipinski definition) is 1. The van der Waals surface area contributed by atoms with Gasteiger partial charge in [0.25, 0.3) is 5.91 Å². The van der Waals surface area contributed by atoms with Gasteiger partial charge in [-0.3, -0.25) is 14.5 Å². The van der Waals surface area contributed by atoms with Crippen LogP contribution in [0.5, 0.6) is 0 Å². The molecule has 0 spiro atoms. The van der Waals surface area contributed by atoms with Gasteiger partial charge in [-0.2, -0.15) is 5.26 Å². The van der Waals surface area contributed by atoms with E-state index in [1.54, 1.807) is 24.3 Å². The maximum absolute atomic E-state index is 13.6. The molecule has 1 heterocycles. The van der Waals surface area contributed by atoms with E-state index in [2.05, 4.69) is 5.32 Å². The second kappa shape index (κ2) is 10.2. The Bertz CT molecular complexity index is 1330. The van der Waals surface area contributed by atoms with Crippen LogP contribution in [0.25, 0.3) is 0 Å². The topological polar surface area (TPSA) is 73.2 Å². The first kappa shape index (κ1) is 23.6. The van der Waals surface area contributed by atoms with Gasteiger partial charge in [-0.15, -0.1) is 0 Å². The average Bonchev–Trinajstić information content (AvgIpc) is 3.13. The van der Waals surface area contributed by atoms with Crippen molar-refractivity contribution in [2.24, 2.45) is 0 Å². The maximum atomic E-state index is 13.6. The zero-order valence-electron chi connectivity index (χ0n) is 18.7. The van der Waals surface area contributed by atoms with Crippen LogP contribution in [0.15, 0.2) is 83.4 Å². The minimum absolute atomic E-state index is 0.102. The summed E-state index contributed by atoms with van der Waals surface area (Å²) in [6, 6.07) is 24.1. The van der Waals surface area contributed by atoms with Crippen LogP contribution in [0.2, 0.25) is 5.02 Å². The number of nitriles is 1. The Balaban J connectivity index is 1.75. The Labute approximate surface area is 208 Å². The largest absolute Gasteiger partial charge is 0.321 e. The van der Waals surface area contributed by atoms with Crippen LogP contribution in [0, 0.1) is 25.2 Å². The van der Waals surface area contributed by atoms with E-state index in [9.17, 15) is 14.9 Å². The summed E-state index contributed by atoms with van der Waals surface area (Å²) in [5, 5.41) is 13.2. The first-order valence-electron chi connectivity index (χ1n) is 10.7. The number of nitrogens with one attached hydrogen (secondary N) is 1. The van der Waals surface area contributed by atoms with Crippen LogP contribution in [-0.4, -0.2) is 17.1 Å². The number of carbonyl (C=O) groups excluding carboxylic acids is 2. The molecule has 1 atom stereocenters. The molecule has 7 heteroatoms. The van der Waals surface area contributed by atoms with Crippen molar-refractivity contribution in [3.8, 4) is 6.07 Å². The number of hydrogen-bond acceptors (Lipinski definition) is 4. The highest BCUT2D eigenvalue weighted by Gasteiger charge is 2.41. The molecule has 0 aromatic heterocycles. The summed E-state index contributed by atoms with van der Waals surface area (Å²) in [6.45, 7) is 3.82. The first-order valence-corrected chi connectivity index (χ1v) is 12.0. The molecule has 1 N–H and O–H groups in total. The number of anilines is 2. The molecule has 0 saturated carbocycles. The molecule has 1 aliphatic rings. The van der Waals surface area contributed by atoms with E-state index in [0.29, 0.717) is 27.8 Å². The summed E-state index contributed by atoms with van der Waals surface area (Å²) in [6.07, 6.45) is 0.425. The highest BCUT2D eigenvalue weighted by atomic mass is 35.5. The van der Waals surface area contributed by atoms with E-state index in [1.807, 2.05) is 68.4 Å². The number of thioether (sulfide) groups is 1. The highest BCUT2D eigenvalue weighted by Crippen LogP contribution is 2.43. The van der Waals surface area contributed by atoms with E-state index in [1.165, 1.54) is 16.7 Å². The van der Waals surface area contributed by atoms with E-state index in [0.717, 1.165) is 16.7 Å². The number of benzene rings is 3. The van der Waals surface area contributed by atoms with Gasteiger partial charge in [-0.25, -0.2) is 0 Å². The molecule has 5 nitrogen and oxygen atoms in total. The van der Waals surface area contributed by atoms with Crippen molar-refractivity contribution in [2.75, 3.05) is 10.2 Å². The summed E-state index contributed by atoms with van der Waals surface area (Å²) in [7, 11) is 0. The number of rotatable bonds is 5. The molecular weight excluding hydrogens is 466 g/mol. The van der Waals surface area contributed by atoms with Crippen molar-refractivity contribution >= 4 is 46.6 Å². The third-order valence-electron chi connectivity index (χ3n) is 5.55. The fraction of sp³-hybridized carbons (Fsp3) is 0.148. The number of para-hydroxylation sites is 2. The van der Waals surface area contributed by atoms with Crippen LogP contribution in [0.3, 0.4) is 0 Å². The lowest BCUT2D eigenvalue weighted by Gasteiger charge is -2.20. The van der Waals surface area contributed by atoms with E-state index < -0.39 is 11.2 Å².